The molecule has 0 unspecified atom stereocenters. The van der Waals surface area contributed by atoms with Crippen molar-refractivity contribution < 1.29 is 4.39 Å². The Morgan fingerprint density at radius 3 is 2.89 bits per heavy atom. The Bertz CT molecular complexity index is 669. The summed E-state index contributed by atoms with van der Waals surface area (Å²) in [6.07, 6.45) is 2.02. The zero-order valence-electron chi connectivity index (χ0n) is 9.85. The standard InChI is InChI=1S/C13H12FN3S/c1-9-12(17-6-7-18-13(17)16-9)8-15-11-4-2-10(14)3-5-11/h2-7,15H,8H2,1H3. The number of fused-ring (bicyclic) bond motifs is 1. The molecule has 0 aliphatic rings. The van der Waals surface area contributed by atoms with Crippen LogP contribution in [0.15, 0.2) is 35.8 Å². The summed E-state index contributed by atoms with van der Waals surface area (Å²) < 4.78 is 14.9. The highest BCUT2D eigenvalue weighted by Crippen LogP contribution is 2.18. The lowest BCUT2D eigenvalue weighted by Gasteiger charge is -2.06. The minimum absolute atomic E-state index is 0.221. The lowest BCUT2D eigenvalue weighted by atomic mass is 10.3. The van der Waals surface area contributed by atoms with E-state index in [0.29, 0.717) is 6.54 Å². The molecule has 2 aromatic heterocycles. The van der Waals surface area contributed by atoms with Gasteiger partial charge in [-0.1, -0.05) is 0 Å². The first-order valence-electron chi connectivity index (χ1n) is 5.64. The molecule has 0 atom stereocenters. The summed E-state index contributed by atoms with van der Waals surface area (Å²) in [6, 6.07) is 6.37. The Morgan fingerprint density at radius 2 is 2.11 bits per heavy atom. The molecule has 1 N–H and O–H groups in total. The van der Waals surface area contributed by atoms with Crippen LogP contribution in [0.3, 0.4) is 0 Å². The van der Waals surface area contributed by atoms with Crippen molar-refractivity contribution in [2.75, 3.05) is 5.32 Å². The van der Waals surface area contributed by atoms with Crippen molar-refractivity contribution in [3.63, 3.8) is 0 Å². The molecule has 0 spiro atoms. The fraction of sp³-hybridized carbons (Fsp3) is 0.154. The van der Waals surface area contributed by atoms with Crippen LogP contribution < -0.4 is 5.32 Å². The summed E-state index contributed by atoms with van der Waals surface area (Å²) in [5.74, 6) is -0.221. The molecule has 3 aromatic rings. The van der Waals surface area contributed by atoms with Gasteiger partial charge < -0.3 is 5.32 Å². The number of aryl methyl sites for hydroxylation is 1. The van der Waals surface area contributed by atoms with E-state index in [1.54, 1.807) is 23.5 Å². The Hall–Kier alpha value is -1.88. The Labute approximate surface area is 108 Å². The van der Waals surface area contributed by atoms with E-state index in [1.807, 2.05) is 18.5 Å². The van der Waals surface area contributed by atoms with Gasteiger partial charge in [0.05, 0.1) is 17.9 Å². The summed E-state index contributed by atoms with van der Waals surface area (Å²) in [6.45, 7) is 2.68. The molecule has 18 heavy (non-hydrogen) atoms. The SMILES string of the molecule is Cc1nc2sccn2c1CNc1ccc(F)cc1. The number of hydrogen-bond acceptors (Lipinski definition) is 3. The maximum Gasteiger partial charge on any atom is 0.194 e. The maximum atomic E-state index is 12.8. The van der Waals surface area contributed by atoms with Crippen molar-refractivity contribution in [2.24, 2.45) is 0 Å². The molecule has 3 rings (SSSR count). The molecule has 0 saturated heterocycles. The second kappa shape index (κ2) is 4.42. The van der Waals surface area contributed by atoms with Gasteiger partial charge in [-0.05, 0) is 31.2 Å². The number of hydrogen-bond donors (Lipinski definition) is 1. The third kappa shape index (κ3) is 1.97. The van der Waals surface area contributed by atoms with Crippen molar-refractivity contribution in [1.29, 1.82) is 0 Å². The van der Waals surface area contributed by atoms with Gasteiger partial charge in [0.1, 0.15) is 5.82 Å². The number of rotatable bonds is 3. The number of aromatic nitrogens is 2. The average Bonchev–Trinajstić information content (AvgIpc) is 2.90. The number of nitrogens with zero attached hydrogens (tertiary/aromatic N) is 2. The van der Waals surface area contributed by atoms with Crippen molar-refractivity contribution in [2.45, 2.75) is 13.5 Å². The van der Waals surface area contributed by atoms with Gasteiger partial charge in [-0.2, -0.15) is 0 Å². The predicted octanol–water partition coefficient (Wildman–Crippen LogP) is 3.46. The topological polar surface area (TPSA) is 29.3 Å². The Balaban J connectivity index is 1.82. The Kier molecular flexibility index (Phi) is 2.76. The van der Waals surface area contributed by atoms with Crippen LogP contribution in [0.1, 0.15) is 11.4 Å². The first-order chi connectivity index (χ1) is 8.74. The first kappa shape index (κ1) is 11.2. The third-order valence-electron chi connectivity index (χ3n) is 2.87. The second-order valence-corrected chi connectivity index (χ2v) is 4.93. The highest BCUT2D eigenvalue weighted by molar-refractivity contribution is 7.15. The average molecular weight is 261 g/mol. The first-order valence-corrected chi connectivity index (χ1v) is 6.52. The molecule has 2 heterocycles. The van der Waals surface area contributed by atoms with Gasteiger partial charge in [-0.25, -0.2) is 9.37 Å². The minimum atomic E-state index is -0.221. The number of anilines is 1. The quantitative estimate of drug-likeness (QED) is 0.782. The van der Waals surface area contributed by atoms with Crippen molar-refractivity contribution in [3.05, 3.63) is 53.0 Å². The van der Waals surface area contributed by atoms with E-state index in [4.69, 9.17) is 0 Å². The second-order valence-electron chi connectivity index (χ2n) is 4.06. The van der Waals surface area contributed by atoms with E-state index in [-0.39, 0.29) is 5.82 Å². The number of halogens is 1. The van der Waals surface area contributed by atoms with Gasteiger partial charge in [0.15, 0.2) is 4.96 Å². The predicted molar refractivity (Wildman–Crippen MR) is 71.5 cm³/mol. The highest BCUT2D eigenvalue weighted by Gasteiger charge is 2.08. The number of nitrogens with one attached hydrogen (secondary N) is 1. The monoisotopic (exact) mass is 261 g/mol. The van der Waals surface area contributed by atoms with Crippen molar-refractivity contribution >= 4 is 22.0 Å². The van der Waals surface area contributed by atoms with Crippen LogP contribution in [0.4, 0.5) is 10.1 Å². The zero-order chi connectivity index (χ0) is 12.5. The number of imidazole rings is 1. The molecule has 1 aromatic carbocycles. The summed E-state index contributed by atoms with van der Waals surface area (Å²) >= 11 is 1.62. The van der Waals surface area contributed by atoms with E-state index in [0.717, 1.165) is 22.0 Å². The summed E-state index contributed by atoms with van der Waals surface area (Å²) in [5.41, 5.74) is 3.06. The molecule has 0 bridgehead atoms. The number of benzene rings is 1. The van der Waals surface area contributed by atoms with Crippen LogP contribution >= 0.6 is 11.3 Å². The van der Waals surface area contributed by atoms with Crippen LogP contribution in [0.25, 0.3) is 4.96 Å². The van der Waals surface area contributed by atoms with Crippen LogP contribution in [0.2, 0.25) is 0 Å². The molecule has 0 amide bonds. The number of thiazole rings is 1. The highest BCUT2D eigenvalue weighted by atomic mass is 32.1. The summed E-state index contributed by atoms with van der Waals surface area (Å²) in [5, 5.41) is 5.29. The van der Waals surface area contributed by atoms with Gasteiger partial charge in [0.25, 0.3) is 0 Å². The minimum Gasteiger partial charge on any atom is -0.379 e. The van der Waals surface area contributed by atoms with E-state index in [9.17, 15) is 4.39 Å². The molecule has 0 fully saturated rings. The molecule has 0 aliphatic carbocycles. The third-order valence-corrected chi connectivity index (χ3v) is 3.62. The molecule has 0 radical (unpaired) electrons. The molecule has 3 nitrogen and oxygen atoms in total. The van der Waals surface area contributed by atoms with Crippen molar-refractivity contribution in [1.82, 2.24) is 9.38 Å². The lowest BCUT2D eigenvalue weighted by molar-refractivity contribution is 0.628. The largest absolute Gasteiger partial charge is 0.379 e. The maximum absolute atomic E-state index is 12.8. The van der Waals surface area contributed by atoms with E-state index < -0.39 is 0 Å². The van der Waals surface area contributed by atoms with Gasteiger partial charge in [0.2, 0.25) is 0 Å². The van der Waals surface area contributed by atoms with Crippen LogP contribution in [0.5, 0.6) is 0 Å². The van der Waals surface area contributed by atoms with Crippen LogP contribution in [0, 0.1) is 12.7 Å². The van der Waals surface area contributed by atoms with E-state index in [1.165, 1.54) is 12.1 Å². The summed E-state index contributed by atoms with van der Waals surface area (Å²) in [7, 11) is 0. The lowest BCUT2D eigenvalue weighted by Crippen LogP contribution is -2.03. The molecule has 5 heteroatoms. The van der Waals surface area contributed by atoms with Gasteiger partial charge in [0, 0.05) is 17.3 Å². The van der Waals surface area contributed by atoms with E-state index >= 15 is 0 Å². The molecule has 0 saturated carbocycles. The summed E-state index contributed by atoms with van der Waals surface area (Å²) in [4.78, 5) is 5.48. The normalized spacial score (nSPS) is 11.0. The molecular weight excluding hydrogens is 249 g/mol. The molecular formula is C13H12FN3S. The fourth-order valence-electron chi connectivity index (χ4n) is 1.91. The van der Waals surface area contributed by atoms with E-state index in [2.05, 4.69) is 14.7 Å². The van der Waals surface area contributed by atoms with Crippen LogP contribution in [-0.4, -0.2) is 9.38 Å². The van der Waals surface area contributed by atoms with Gasteiger partial charge in [-0.15, -0.1) is 11.3 Å². The van der Waals surface area contributed by atoms with Gasteiger partial charge >= 0.3 is 0 Å². The Morgan fingerprint density at radius 1 is 1.33 bits per heavy atom. The molecule has 92 valence electrons. The van der Waals surface area contributed by atoms with Crippen molar-refractivity contribution in [3.8, 4) is 0 Å². The van der Waals surface area contributed by atoms with Gasteiger partial charge in [-0.3, -0.25) is 4.40 Å². The fourth-order valence-corrected chi connectivity index (χ4v) is 2.69. The molecule has 0 aliphatic heterocycles. The smallest absolute Gasteiger partial charge is 0.194 e. The zero-order valence-corrected chi connectivity index (χ0v) is 10.7. The van der Waals surface area contributed by atoms with Crippen LogP contribution in [-0.2, 0) is 6.54 Å².